The summed E-state index contributed by atoms with van der Waals surface area (Å²) in [6.45, 7) is 1.99. The molecule has 2 atom stereocenters. The van der Waals surface area contributed by atoms with E-state index in [2.05, 4.69) is 6.08 Å². The predicted octanol–water partition coefficient (Wildman–Crippen LogP) is 1.71. The molecule has 0 saturated carbocycles. The number of hydrogen-bond acceptors (Lipinski definition) is 3. The summed E-state index contributed by atoms with van der Waals surface area (Å²) in [4.78, 5) is 24.6. The van der Waals surface area contributed by atoms with Crippen LogP contribution in [0.2, 0.25) is 0 Å². The summed E-state index contributed by atoms with van der Waals surface area (Å²) in [5.41, 5.74) is 0. The van der Waals surface area contributed by atoms with Crippen molar-refractivity contribution in [3.05, 3.63) is 24.3 Å². The third-order valence-electron chi connectivity index (χ3n) is 2.72. The van der Waals surface area contributed by atoms with E-state index in [9.17, 15) is 9.59 Å². The maximum absolute atomic E-state index is 11.6. The minimum absolute atomic E-state index is 0.110. The number of ketones is 1. The number of rotatable bonds is 7. The quantitative estimate of drug-likeness (QED) is 0.299. The molecule has 1 aliphatic heterocycles. The highest BCUT2D eigenvalue weighted by atomic mass is 16.6. The Hall–Kier alpha value is -1.42. The first-order valence-corrected chi connectivity index (χ1v) is 6.26. The van der Waals surface area contributed by atoms with Crippen LogP contribution in [-0.2, 0) is 14.3 Å². The van der Waals surface area contributed by atoms with E-state index in [1.54, 1.807) is 14.1 Å². The van der Waals surface area contributed by atoms with E-state index in [4.69, 9.17) is 4.74 Å². The molecule has 1 amide bonds. The Morgan fingerprint density at radius 2 is 1.83 bits per heavy atom. The van der Waals surface area contributed by atoms with Crippen molar-refractivity contribution in [2.45, 2.75) is 38.4 Å². The summed E-state index contributed by atoms with van der Waals surface area (Å²) >= 11 is 0. The zero-order chi connectivity index (χ0) is 13.5. The van der Waals surface area contributed by atoms with Gasteiger partial charge >= 0.3 is 0 Å². The molecule has 0 aromatic carbocycles. The maximum atomic E-state index is 11.6. The van der Waals surface area contributed by atoms with Crippen LogP contribution in [0.15, 0.2) is 24.3 Å². The Balaban J connectivity index is 2.23. The normalized spacial score (nSPS) is 22.6. The third-order valence-corrected chi connectivity index (χ3v) is 2.72. The number of epoxide rings is 1. The largest absolute Gasteiger partial charge is 0.350 e. The lowest BCUT2D eigenvalue weighted by molar-refractivity contribution is -0.130. The fourth-order valence-corrected chi connectivity index (χ4v) is 1.59. The Bertz CT molecular complexity index is 358. The molecule has 4 heteroatoms. The van der Waals surface area contributed by atoms with Crippen LogP contribution in [0, 0.1) is 0 Å². The molecule has 100 valence electrons. The van der Waals surface area contributed by atoms with E-state index in [1.165, 1.54) is 11.0 Å². The van der Waals surface area contributed by atoms with E-state index >= 15 is 0 Å². The highest BCUT2D eigenvalue weighted by Crippen LogP contribution is 2.24. The first-order chi connectivity index (χ1) is 8.57. The molecule has 0 spiro atoms. The number of unbranched alkanes of at least 4 members (excludes halogenated alkanes) is 2. The number of likely N-dealkylation sites (N-methyl/N-ethyl adjacent to an activating group) is 1. The molecule has 0 aromatic rings. The Morgan fingerprint density at radius 1 is 1.17 bits per heavy atom. The highest BCUT2D eigenvalue weighted by Gasteiger charge is 2.49. The van der Waals surface area contributed by atoms with Gasteiger partial charge in [-0.25, -0.2) is 0 Å². The minimum Gasteiger partial charge on any atom is -0.350 e. The number of amides is 1. The number of hydrogen-bond donors (Lipinski definition) is 0. The van der Waals surface area contributed by atoms with E-state index in [1.807, 2.05) is 19.1 Å². The average Bonchev–Trinajstić information content (AvgIpc) is 3.12. The molecule has 0 aliphatic carbocycles. The van der Waals surface area contributed by atoms with Gasteiger partial charge in [-0.05, 0) is 32.3 Å². The summed E-state index contributed by atoms with van der Waals surface area (Å²) in [6, 6.07) is 0. The molecule has 0 aromatic heterocycles. The van der Waals surface area contributed by atoms with Crippen LogP contribution >= 0.6 is 0 Å². The molecule has 18 heavy (non-hydrogen) atoms. The second-order valence-electron chi connectivity index (χ2n) is 4.51. The van der Waals surface area contributed by atoms with E-state index < -0.39 is 12.2 Å². The van der Waals surface area contributed by atoms with Crippen molar-refractivity contribution in [1.29, 1.82) is 0 Å². The fourth-order valence-electron chi connectivity index (χ4n) is 1.59. The standard InChI is InChI=1S/C14H21NO3/c1-4-5-6-7-8-9-10-11(16)12-13(18-12)14(17)15(2)3/h4-5,9-10,12-13H,6-8H2,1-3H3. The van der Waals surface area contributed by atoms with Crippen LogP contribution in [0.25, 0.3) is 0 Å². The molecule has 1 rings (SSSR count). The van der Waals surface area contributed by atoms with Gasteiger partial charge in [0.25, 0.3) is 5.91 Å². The molecular formula is C14H21NO3. The second kappa shape index (κ2) is 7.11. The molecule has 1 heterocycles. The molecule has 1 aliphatic rings. The summed E-state index contributed by atoms with van der Waals surface area (Å²) in [5, 5.41) is 0. The Labute approximate surface area is 108 Å². The van der Waals surface area contributed by atoms with Crippen molar-refractivity contribution < 1.29 is 14.3 Å². The van der Waals surface area contributed by atoms with Gasteiger partial charge in [-0.2, -0.15) is 0 Å². The number of carbonyl (C=O) groups is 2. The zero-order valence-electron chi connectivity index (χ0n) is 11.3. The van der Waals surface area contributed by atoms with Crippen LogP contribution in [0.3, 0.4) is 0 Å². The number of allylic oxidation sites excluding steroid dienone is 3. The van der Waals surface area contributed by atoms with Gasteiger partial charge in [0.2, 0.25) is 0 Å². The van der Waals surface area contributed by atoms with Crippen molar-refractivity contribution in [2.24, 2.45) is 0 Å². The third kappa shape index (κ3) is 4.45. The van der Waals surface area contributed by atoms with Crippen LogP contribution in [0.5, 0.6) is 0 Å². The van der Waals surface area contributed by atoms with Crippen molar-refractivity contribution in [3.63, 3.8) is 0 Å². The maximum Gasteiger partial charge on any atom is 0.254 e. The molecule has 0 radical (unpaired) electrons. The van der Waals surface area contributed by atoms with E-state index in [-0.39, 0.29) is 11.7 Å². The average molecular weight is 251 g/mol. The lowest BCUT2D eigenvalue weighted by atomic mass is 10.1. The highest BCUT2D eigenvalue weighted by molar-refractivity contribution is 6.01. The molecule has 1 saturated heterocycles. The summed E-state index contributed by atoms with van der Waals surface area (Å²) in [6.07, 6.45) is 9.29. The summed E-state index contributed by atoms with van der Waals surface area (Å²) in [7, 11) is 3.31. The Morgan fingerprint density at radius 3 is 2.44 bits per heavy atom. The van der Waals surface area contributed by atoms with Crippen LogP contribution in [-0.4, -0.2) is 42.9 Å². The monoisotopic (exact) mass is 251 g/mol. The molecule has 0 N–H and O–H groups in total. The molecular weight excluding hydrogens is 230 g/mol. The van der Waals surface area contributed by atoms with Crippen molar-refractivity contribution >= 4 is 11.7 Å². The Kier molecular flexibility index (Phi) is 5.78. The summed E-state index contributed by atoms with van der Waals surface area (Å²) in [5.74, 6) is -0.254. The van der Waals surface area contributed by atoms with E-state index in [0.29, 0.717) is 0 Å². The zero-order valence-corrected chi connectivity index (χ0v) is 11.3. The molecule has 0 bridgehead atoms. The molecule has 2 unspecified atom stereocenters. The van der Waals surface area contributed by atoms with Gasteiger partial charge in [0.1, 0.15) is 0 Å². The van der Waals surface area contributed by atoms with Gasteiger partial charge in [-0.1, -0.05) is 18.2 Å². The van der Waals surface area contributed by atoms with Gasteiger partial charge in [-0.3, -0.25) is 9.59 Å². The van der Waals surface area contributed by atoms with Crippen molar-refractivity contribution in [3.8, 4) is 0 Å². The van der Waals surface area contributed by atoms with Crippen LogP contribution in [0.1, 0.15) is 26.2 Å². The second-order valence-corrected chi connectivity index (χ2v) is 4.51. The van der Waals surface area contributed by atoms with Gasteiger partial charge in [0.05, 0.1) is 0 Å². The number of ether oxygens (including phenoxy) is 1. The smallest absolute Gasteiger partial charge is 0.254 e. The lowest BCUT2D eigenvalue weighted by Gasteiger charge is -2.06. The van der Waals surface area contributed by atoms with Crippen LogP contribution in [0.4, 0.5) is 0 Å². The topological polar surface area (TPSA) is 49.9 Å². The van der Waals surface area contributed by atoms with Gasteiger partial charge in [-0.15, -0.1) is 0 Å². The predicted molar refractivity (Wildman–Crippen MR) is 70.2 cm³/mol. The SMILES string of the molecule is CC=CCCCC=CC(=O)C1OC1C(=O)N(C)C. The molecule has 1 fully saturated rings. The van der Waals surface area contributed by atoms with Gasteiger partial charge < -0.3 is 9.64 Å². The van der Waals surface area contributed by atoms with Crippen molar-refractivity contribution in [2.75, 3.05) is 14.1 Å². The van der Waals surface area contributed by atoms with Gasteiger partial charge in [0.15, 0.2) is 18.0 Å². The number of carbonyl (C=O) groups excluding carboxylic acids is 2. The lowest BCUT2D eigenvalue weighted by Crippen LogP contribution is -2.28. The van der Waals surface area contributed by atoms with Crippen LogP contribution < -0.4 is 0 Å². The van der Waals surface area contributed by atoms with Gasteiger partial charge in [0, 0.05) is 14.1 Å². The first kappa shape index (κ1) is 14.6. The minimum atomic E-state index is -0.569. The number of nitrogens with zero attached hydrogens (tertiary/aromatic N) is 1. The van der Waals surface area contributed by atoms with Crippen molar-refractivity contribution in [1.82, 2.24) is 4.90 Å². The summed E-state index contributed by atoms with van der Waals surface area (Å²) < 4.78 is 5.09. The molecule has 4 nitrogen and oxygen atoms in total. The first-order valence-electron chi connectivity index (χ1n) is 6.26. The fraction of sp³-hybridized carbons (Fsp3) is 0.571. The van der Waals surface area contributed by atoms with E-state index in [0.717, 1.165) is 19.3 Å².